The zero-order chi connectivity index (χ0) is 13.7. The first-order valence-electron chi connectivity index (χ1n) is 6.64. The molecule has 0 saturated carbocycles. The maximum absolute atomic E-state index is 11.9. The summed E-state index contributed by atoms with van der Waals surface area (Å²) >= 11 is 0. The summed E-state index contributed by atoms with van der Waals surface area (Å²) < 4.78 is 5.55. The number of carbonyl (C=O) groups excluding carboxylic acids is 1. The van der Waals surface area contributed by atoms with E-state index in [1.54, 1.807) is 0 Å². The van der Waals surface area contributed by atoms with Crippen molar-refractivity contribution >= 4 is 6.03 Å². The maximum Gasteiger partial charge on any atom is 0.315 e. The van der Waals surface area contributed by atoms with Crippen LogP contribution in [0.15, 0.2) is 24.3 Å². The van der Waals surface area contributed by atoms with Crippen molar-refractivity contribution < 1.29 is 14.6 Å². The highest BCUT2D eigenvalue weighted by molar-refractivity contribution is 5.75. The van der Waals surface area contributed by atoms with Crippen molar-refractivity contribution in [3.8, 4) is 5.75 Å². The van der Waals surface area contributed by atoms with E-state index < -0.39 is 0 Å². The molecule has 19 heavy (non-hydrogen) atoms. The lowest BCUT2D eigenvalue weighted by molar-refractivity contribution is 0.205. The number of nitrogens with one attached hydrogen (secondary N) is 2. The van der Waals surface area contributed by atoms with Crippen LogP contribution in [0, 0.1) is 0 Å². The van der Waals surface area contributed by atoms with E-state index in [9.17, 15) is 4.79 Å². The van der Waals surface area contributed by atoms with Crippen LogP contribution in [0.2, 0.25) is 0 Å². The summed E-state index contributed by atoms with van der Waals surface area (Å²) in [7, 11) is 0. The van der Waals surface area contributed by atoms with Crippen LogP contribution in [0.3, 0.4) is 0 Å². The molecule has 5 nitrogen and oxygen atoms in total. The molecule has 1 aliphatic rings. The van der Waals surface area contributed by atoms with E-state index in [4.69, 9.17) is 9.84 Å². The smallest absolute Gasteiger partial charge is 0.315 e. The third kappa shape index (κ3) is 3.38. The number of carbonyl (C=O) groups is 1. The monoisotopic (exact) mass is 264 g/mol. The van der Waals surface area contributed by atoms with E-state index in [-0.39, 0.29) is 24.7 Å². The van der Waals surface area contributed by atoms with Crippen molar-refractivity contribution in [2.45, 2.75) is 31.8 Å². The van der Waals surface area contributed by atoms with Gasteiger partial charge in [0.25, 0.3) is 0 Å². The Bertz CT molecular complexity index is 432. The SMILES string of the molecule is CC[C@H](CO)NC(=O)N[C@@H]1CCOc2ccccc21. The zero-order valence-electron chi connectivity index (χ0n) is 11.1. The molecule has 1 aromatic rings. The normalized spacial score (nSPS) is 18.9. The summed E-state index contributed by atoms with van der Waals surface area (Å²) in [4.78, 5) is 11.9. The van der Waals surface area contributed by atoms with E-state index in [0.717, 1.165) is 17.7 Å². The van der Waals surface area contributed by atoms with Crippen LogP contribution in [0.4, 0.5) is 4.79 Å². The molecule has 1 aliphatic heterocycles. The Morgan fingerprint density at radius 2 is 2.32 bits per heavy atom. The van der Waals surface area contributed by atoms with Crippen LogP contribution in [0.1, 0.15) is 31.4 Å². The van der Waals surface area contributed by atoms with Crippen LogP contribution in [0.25, 0.3) is 0 Å². The Labute approximate surface area is 113 Å². The van der Waals surface area contributed by atoms with E-state index in [0.29, 0.717) is 13.0 Å². The van der Waals surface area contributed by atoms with E-state index >= 15 is 0 Å². The van der Waals surface area contributed by atoms with Crippen LogP contribution in [-0.2, 0) is 0 Å². The highest BCUT2D eigenvalue weighted by Gasteiger charge is 2.23. The largest absolute Gasteiger partial charge is 0.493 e. The fourth-order valence-electron chi connectivity index (χ4n) is 2.15. The molecule has 5 heteroatoms. The fraction of sp³-hybridized carbons (Fsp3) is 0.500. The molecule has 104 valence electrons. The Balaban J connectivity index is 1.99. The van der Waals surface area contributed by atoms with Crippen molar-refractivity contribution in [1.29, 1.82) is 0 Å². The number of para-hydroxylation sites is 1. The number of benzene rings is 1. The van der Waals surface area contributed by atoms with Gasteiger partial charge in [-0.3, -0.25) is 0 Å². The van der Waals surface area contributed by atoms with Crippen LogP contribution < -0.4 is 15.4 Å². The molecular formula is C14H20N2O3. The number of urea groups is 1. The van der Waals surface area contributed by atoms with Gasteiger partial charge in [0.2, 0.25) is 0 Å². The minimum atomic E-state index is -0.248. The lowest BCUT2D eigenvalue weighted by atomic mass is 10.0. The summed E-state index contributed by atoms with van der Waals surface area (Å²) in [6, 6.07) is 7.23. The molecule has 0 radical (unpaired) electrons. The van der Waals surface area contributed by atoms with Gasteiger partial charge in [0.05, 0.1) is 25.3 Å². The first-order valence-corrected chi connectivity index (χ1v) is 6.64. The number of rotatable bonds is 4. The molecule has 0 aliphatic carbocycles. The van der Waals surface area contributed by atoms with E-state index in [2.05, 4.69) is 10.6 Å². The molecule has 0 saturated heterocycles. The van der Waals surface area contributed by atoms with Gasteiger partial charge in [-0.1, -0.05) is 25.1 Å². The average Bonchev–Trinajstić information content (AvgIpc) is 2.45. The van der Waals surface area contributed by atoms with Gasteiger partial charge in [0.1, 0.15) is 5.75 Å². The Morgan fingerprint density at radius 3 is 3.05 bits per heavy atom. The number of fused-ring (bicyclic) bond motifs is 1. The summed E-state index contributed by atoms with van der Waals surface area (Å²) in [6.45, 7) is 2.47. The van der Waals surface area contributed by atoms with Crippen LogP contribution >= 0.6 is 0 Å². The number of hydrogen-bond donors (Lipinski definition) is 3. The van der Waals surface area contributed by atoms with Gasteiger partial charge in [0.15, 0.2) is 0 Å². The highest BCUT2D eigenvalue weighted by Crippen LogP contribution is 2.31. The number of aliphatic hydroxyl groups is 1. The fourth-order valence-corrected chi connectivity index (χ4v) is 2.15. The maximum atomic E-state index is 11.9. The number of hydrogen-bond acceptors (Lipinski definition) is 3. The summed E-state index contributed by atoms with van der Waals surface area (Å²) in [5, 5.41) is 14.8. The third-order valence-electron chi connectivity index (χ3n) is 3.31. The second-order valence-electron chi connectivity index (χ2n) is 4.63. The average molecular weight is 264 g/mol. The Morgan fingerprint density at radius 1 is 1.53 bits per heavy atom. The second-order valence-corrected chi connectivity index (χ2v) is 4.63. The van der Waals surface area contributed by atoms with Gasteiger partial charge in [-0.05, 0) is 12.5 Å². The molecule has 2 rings (SSSR count). The topological polar surface area (TPSA) is 70.6 Å². The van der Waals surface area contributed by atoms with Gasteiger partial charge in [-0.25, -0.2) is 4.79 Å². The predicted octanol–water partition coefficient (Wildman–Crippen LogP) is 1.58. The first-order chi connectivity index (χ1) is 9.24. The summed E-state index contributed by atoms with van der Waals surface area (Å²) in [5.41, 5.74) is 1.00. The first kappa shape index (κ1) is 13.7. The number of ether oxygens (including phenoxy) is 1. The standard InChI is InChI=1S/C14H20N2O3/c1-2-10(9-17)15-14(18)16-12-7-8-19-13-6-4-3-5-11(12)13/h3-6,10,12,17H,2,7-9H2,1H3,(H2,15,16,18)/t10-,12-/m1/s1. The summed E-state index contributed by atoms with van der Waals surface area (Å²) in [5.74, 6) is 0.827. The Hall–Kier alpha value is -1.75. The van der Waals surface area contributed by atoms with Crippen LogP contribution in [0.5, 0.6) is 5.75 Å². The Kier molecular flexibility index (Phi) is 4.63. The van der Waals surface area contributed by atoms with E-state index in [1.165, 1.54) is 0 Å². The van der Waals surface area contributed by atoms with Crippen molar-refractivity contribution in [3.05, 3.63) is 29.8 Å². The van der Waals surface area contributed by atoms with Gasteiger partial charge >= 0.3 is 6.03 Å². The molecule has 0 aromatic heterocycles. The van der Waals surface area contributed by atoms with Gasteiger partial charge in [-0.2, -0.15) is 0 Å². The molecule has 2 amide bonds. The molecule has 0 spiro atoms. The molecule has 0 bridgehead atoms. The van der Waals surface area contributed by atoms with Crippen molar-refractivity contribution in [3.63, 3.8) is 0 Å². The van der Waals surface area contributed by atoms with Crippen LogP contribution in [-0.4, -0.2) is 30.4 Å². The minimum absolute atomic E-state index is 0.0406. The van der Waals surface area contributed by atoms with Gasteiger partial charge in [-0.15, -0.1) is 0 Å². The molecule has 0 fully saturated rings. The lowest BCUT2D eigenvalue weighted by Gasteiger charge is -2.27. The van der Waals surface area contributed by atoms with Crippen molar-refractivity contribution in [2.75, 3.05) is 13.2 Å². The molecule has 1 aromatic carbocycles. The number of aliphatic hydroxyl groups excluding tert-OH is 1. The molecule has 3 N–H and O–H groups in total. The highest BCUT2D eigenvalue weighted by atomic mass is 16.5. The molecule has 0 unspecified atom stereocenters. The molecular weight excluding hydrogens is 244 g/mol. The van der Waals surface area contributed by atoms with Gasteiger partial charge < -0.3 is 20.5 Å². The second kappa shape index (κ2) is 6.43. The minimum Gasteiger partial charge on any atom is -0.493 e. The summed E-state index contributed by atoms with van der Waals surface area (Å²) in [6.07, 6.45) is 1.45. The molecule has 2 atom stereocenters. The quantitative estimate of drug-likeness (QED) is 0.773. The number of amides is 2. The lowest BCUT2D eigenvalue weighted by Crippen LogP contribution is -2.45. The molecule has 1 heterocycles. The predicted molar refractivity (Wildman–Crippen MR) is 72.1 cm³/mol. The third-order valence-corrected chi connectivity index (χ3v) is 3.31. The van der Waals surface area contributed by atoms with Crippen molar-refractivity contribution in [1.82, 2.24) is 10.6 Å². The zero-order valence-corrected chi connectivity index (χ0v) is 11.1. The van der Waals surface area contributed by atoms with Crippen molar-refractivity contribution in [2.24, 2.45) is 0 Å². The van der Waals surface area contributed by atoms with Gasteiger partial charge in [0, 0.05) is 12.0 Å². The van der Waals surface area contributed by atoms with E-state index in [1.807, 2.05) is 31.2 Å².